The molecule has 0 unspecified atom stereocenters. The Kier molecular flexibility index (Phi) is 4.37. The molecule has 1 aromatic carbocycles. The predicted octanol–water partition coefficient (Wildman–Crippen LogP) is 2.47. The summed E-state index contributed by atoms with van der Waals surface area (Å²) < 4.78 is 17.9. The van der Waals surface area contributed by atoms with Gasteiger partial charge in [-0.3, -0.25) is 0 Å². The lowest BCUT2D eigenvalue weighted by molar-refractivity contribution is 0.147. The number of carboxylic acid groups (broad SMARTS) is 1. The number of likely N-dealkylation sites (N-methyl/N-ethyl adjacent to an activating group) is 1. The molecule has 0 bridgehead atoms. The van der Waals surface area contributed by atoms with Crippen molar-refractivity contribution in [2.45, 2.75) is 0 Å². The molecule has 1 rings (SSSR count). The molecule has 0 saturated carbocycles. The van der Waals surface area contributed by atoms with Gasteiger partial charge in [0.1, 0.15) is 18.2 Å². The van der Waals surface area contributed by atoms with Crippen LogP contribution in [0.4, 0.5) is 9.18 Å². The minimum absolute atomic E-state index is 0.161. The van der Waals surface area contributed by atoms with Gasteiger partial charge in [-0.15, -0.1) is 0 Å². The van der Waals surface area contributed by atoms with Gasteiger partial charge in [-0.1, -0.05) is 11.6 Å². The summed E-state index contributed by atoms with van der Waals surface area (Å²) in [5.74, 6) is -0.109. The number of carbonyl (C=O) groups is 1. The van der Waals surface area contributed by atoms with Crippen molar-refractivity contribution in [1.82, 2.24) is 4.90 Å². The zero-order valence-corrected chi connectivity index (χ0v) is 9.37. The van der Waals surface area contributed by atoms with Gasteiger partial charge in [0.05, 0.1) is 11.6 Å². The second-order valence-electron chi connectivity index (χ2n) is 3.13. The van der Waals surface area contributed by atoms with E-state index >= 15 is 0 Å². The van der Waals surface area contributed by atoms with Gasteiger partial charge >= 0.3 is 6.09 Å². The second kappa shape index (κ2) is 5.55. The maximum atomic E-state index is 12.7. The van der Waals surface area contributed by atoms with Crippen molar-refractivity contribution in [2.24, 2.45) is 0 Å². The molecule has 0 aliphatic heterocycles. The molecular weight excluding hydrogens is 237 g/mol. The maximum absolute atomic E-state index is 12.7. The quantitative estimate of drug-likeness (QED) is 0.889. The fourth-order valence-electron chi connectivity index (χ4n) is 0.980. The largest absolute Gasteiger partial charge is 0.490 e. The predicted molar refractivity (Wildman–Crippen MR) is 57.6 cm³/mol. The molecule has 0 saturated heterocycles. The van der Waals surface area contributed by atoms with Crippen molar-refractivity contribution in [3.63, 3.8) is 0 Å². The van der Waals surface area contributed by atoms with E-state index in [9.17, 15) is 9.18 Å². The molecule has 0 radical (unpaired) electrons. The number of hydrogen-bond donors (Lipinski definition) is 1. The van der Waals surface area contributed by atoms with Crippen LogP contribution in [-0.4, -0.2) is 36.3 Å². The number of amides is 1. The number of hydrogen-bond acceptors (Lipinski definition) is 2. The van der Waals surface area contributed by atoms with Crippen LogP contribution >= 0.6 is 11.6 Å². The van der Waals surface area contributed by atoms with E-state index in [0.717, 1.165) is 11.0 Å². The Bertz CT molecular complexity index is 386. The van der Waals surface area contributed by atoms with E-state index in [-0.39, 0.29) is 18.2 Å². The third-order valence-corrected chi connectivity index (χ3v) is 2.20. The maximum Gasteiger partial charge on any atom is 0.407 e. The third kappa shape index (κ3) is 3.58. The van der Waals surface area contributed by atoms with Crippen LogP contribution in [0.15, 0.2) is 18.2 Å². The Morgan fingerprint density at radius 2 is 2.31 bits per heavy atom. The molecule has 0 spiro atoms. The molecule has 6 heteroatoms. The molecule has 0 atom stereocenters. The average molecular weight is 248 g/mol. The summed E-state index contributed by atoms with van der Waals surface area (Å²) in [6.45, 7) is 0.372. The fourth-order valence-corrected chi connectivity index (χ4v) is 1.20. The van der Waals surface area contributed by atoms with E-state index in [2.05, 4.69) is 0 Å². The first kappa shape index (κ1) is 12.6. The van der Waals surface area contributed by atoms with Crippen LogP contribution in [0.3, 0.4) is 0 Å². The van der Waals surface area contributed by atoms with Crippen molar-refractivity contribution in [2.75, 3.05) is 20.2 Å². The van der Waals surface area contributed by atoms with Gasteiger partial charge in [0.25, 0.3) is 0 Å². The normalized spacial score (nSPS) is 9.94. The zero-order chi connectivity index (χ0) is 12.1. The molecule has 0 aliphatic rings. The highest BCUT2D eigenvalue weighted by molar-refractivity contribution is 6.32. The van der Waals surface area contributed by atoms with E-state index in [1.54, 1.807) is 0 Å². The fraction of sp³-hybridized carbons (Fsp3) is 0.300. The summed E-state index contributed by atoms with van der Waals surface area (Å²) in [7, 11) is 1.43. The van der Waals surface area contributed by atoms with Gasteiger partial charge < -0.3 is 14.7 Å². The number of nitrogens with zero attached hydrogens (tertiary/aromatic N) is 1. The van der Waals surface area contributed by atoms with Crippen LogP contribution in [0.1, 0.15) is 0 Å². The highest BCUT2D eigenvalue weighted by atomic mass is 35.5. The molecular formula is C10H11ClFNO3. The van der Waals surface area contributed by atoms with Crippen molar-refractivity contribution in [3.05, 3.63) is 29.0 Å². The van der Waals surface area contributed by atoms with E-state index in [4.69, 9.17) is 21.4 Å². The first-order chi connectivity index (χ1) is 7.50. The van der Waals surface area contributed by atoms with Crippen LogP contribution in [0.25, 0.3) is 0 Å². The molecule has 0 aliphatic carbocycles. The topological polar surface area (TPSA) is 49.8 Å². The Hall–Kier alpha value is -1.49. The summed E-state index contributed by atoms with van der Waals surface area (Å²) in [6.07, 6.45) is -1.03. The summed E-state index contributed by atoms with van der Waals surface area (Å²) in [5.41, 5.74) is 0. The lowest BCUT2D eigenvalue weighted by atomic mass is 10.3. The van der Waals surface area contributed by atoms with Gasteiger partial charge in [0.2, 0.25) is 0 Å². The van der Waals surface area contributed by atoms with Gasteiger partial charge in [0, 0.05) is 7.05 Å². The van der Waals surface area contributed by atoms with Crippen LogP contribution < -0.4 is 4.74 Å². The number of benzene rings is 1. The first-order valence-corrected chi connectivity index (χ1v) is 4.90. The highest BCUT2D eigenvalue weighted by Gasteiger charge is 2.06. The Morgan fingerprint density at radius 3 is 2.88 bits per heavy atom. The van der Waals surface area contributed by atoms with Crippen molar-refractivity contribution in [3.8, 4) is 5.75 Å². The van der Waals surface area contributed by atoms with Crippen molar-refractivity contribution >= 4 is 17.7 Å². The Morgan fingerprint density at radius 1 is 1.62 bits per heavy atom. The molecule has 1 N–H and O–H groups in total. The van der Waals surface area contributed by atoms with Crippen molar-refractivity contribution in [1.29, 1.82) is 0 Å². The SMILES string of the molecule is CN(CCOc1ccc(F)cc1Cl)C(=O)O. The van der Waals surface area contributed by atoms with E-state index in [1.807, 2.05) is 0 Å². The van der Waals surface area contributed by atoms with Crippen LogP contribution in [0.2, 0.25) is 5.02 Å². The Balaban J connectivity index is 2.46. The molecule has 1 aromatic rings. The standard InChI is InChI=1S/C10H11ClFNO3/c1-13(10(14)15)4-5-16-9-3-2-7(12)6-8(9)11/h2-3,6H,4-5H2,1H3,(H,14,15). The minimum atomic E-state index is -1.03. The first-order valence-electron chi connectivity index (χ1n) is 4.52. The smallest absolute Gasteiger partial charge is 0.407 e. The highest BCUT2D eigenvalue weighted by Crippen LogP contribution is 2.24. The summed E-state index contributed by atoms with van der Waals surface area (Å²) in [5, 5.41) is 8.73. The van der Waals surface area contributed by atoms with Crippen molar-refractivity contribution < 1.29 is 19.0 Å². The van der Waals surface area contributed by atoms with Crippen LogP contribution in [0.5, 0.6) is 5.75 Å². The molecule has 4 nitrogen and oxygen atoms in total. The number of rotatable bonds is 4. The van der Waals surface area contributed by atoms with Crippen LogP contribution in [0, 0.1) is 5.82 Å². The Labute approximate surface area is 97.2 Å². The molecule has 0 fully saturated rings. The van der Waals surface area contributed by atoms with Gasteiger partial charge in [-0.2, -0.15) is 0 Å². The van der Waals surface area contributed by atoms with E-state index in [1.165, 1.54) is 19.2 Å². The molecule has 16 heavy (non-hydrogen) atoms. The van der Waals surface area contributed by atoms with E-state index < -0.39 is 11.9 Å². The lowest BCUT2D eigenvalue weighted by Crippen LogP contribution is -2.29. The third-order valence-electron chi connectivity index (χ3n) is 1.90. The van der Waals surface area contributed by atoms with Crippen LogP contribution in [-0.2, 0) is 0 Å². The number of ether oxygens (including phenoxy) is 1. The molecule has 1 amide bonds. The minimum Gasteiger partial charge on any atom is -0.490 e. The summed E-state index contributed by atoms with van der Waals surface area (Å²) in [6, 6.07) is 3.76. The monoisotopic (exact) mass is 247 g/mol. The lowest BCUT2D eigenvalue weighted by Gasteiger charge is -2.13. The average Bonchev–Trinajstić information content (AvgIpc) is 2.20. The summed E-state index contributed by atoms with van der Waals surface area (Å²) >= 11 is 5.71. The number of halogens is 2. The second-order valence-corrected chi connectivity index (χ2v) is 3.53. The van der Waals surface area contributed by atoms with E-state index in [0.29, 0.717) is 5.75 Å². The molecule has 0 heterocycles. The summed E-state index contributed by atoms with van der Waals surface area (Å²) in [4.78, 5) is 11.5. The zero-order valence-electron chi connectivity index (χ0n) is 8.61. The van der Waals surface area contributed by atoms with Gasteiger partial charge in [-0.25, -0.2) is 9.18 Å². The molecule has 0 aromatic heterocycles. The molecule has 88 valence electrons. The van der Waals surface area contributed by atoms with Gasteiger partial charge in [0.15, 0.2) is 0 Å². The van der Waals surface area contributed by atoms with Gasteiger partial charge in [-0.05, 0) is 18.2 Å².